The summed E-state index contributed by atoms with van der Waals surface area (Å²) in [6, 6.07) is 4.98. The van der Waals surface area contributed by atoms with Crippen LogP contribution >= 0.6 is 0 Å². The Morgan fingerprint density at radius 3 is 2.75 bits per heavy atom. The number of nitrogens with one attached hydrogen (secondary N) is 1. The fraction of sp³-hybridized carbons (Fsp3) is 0.214. The van der Waals surface area contributed by atoms with Gasteiger partial charge in [0.05, 0.1) is 48.2 Å². The Morgan fingerprint density at radius 2 is 2.15 bits per heavy atom. The molecule has 0 aliphatic carbocycles. The molecule has 1 heterocycles. The number of hydrogen-bond acceptors (Lipinski definition) is 6. The molecule has 0 radical (unpaired) electrons. The molecule has 3 N–H and O–H groups in total. The van der Waals surface area contributed by atoms with Crippen LogP contribution in [0.4, 0.5) is 11.4 Å². The highest BCUT2D eigenvalue weighted by atomic mass is 16.5. The molecule has 0 spiro atoms. The number of nitrogens with zero attached hydrogens (tertiary/aromatic N) is 2. The predicted octanol–water partition coefficient (Wildman–Crippen LogP) is 1.77. The van der Waals surface area contributed by atoms with Crippen molar-refractivity contribution in [3.63, 3.8) is 0 Å². The molecule has 0 saturated carbocycles. The molecule has 0 aliphatic heterocycles. The van der Waals surface area contributed by atoms with Crippen molar-refractivity contribution in [3.05, 3.63) is 47.5 Å². The molecule has 0 saturated heterocycles. The average Bonchev–Trinajstić information content (AvgIpc) is 2.46. The first-order valence-corrected chi connectivity index (χ1v) is 6.09. The number of methoxy groups -OCH3 is 1. The lowest BCUT2D eigenvalue weighted by molar-refractivity contribution is 0.0601. The van der Waals surface area contributed by atoms with Gasteiger partial charge in [0.25, 0.3) is 0 Å². The second-order valence-corrected chi connectivity index (χ2v) is 4.30. The van der Waals surface area contributed by atoms with Gasteiger partial charge in [-0.25, -0.2) is 4.79 Å². The first-order chi connectivity index (χ1) is 9.60. The molecule has 0 amide bonds. The summed E-state index contributed by atoms with van der Waals surface area (Å²) in [4.78, 5) is 19.8. The van der Waals surface area contributed by atoms with Gasteiger partial charge < -0.3 is 15.8 Å². The molecule has 0 aliphatic rings. The SMILES string of the molecule is COC(=O)c1ccc(NCc2cnc(C)cn2)c(N)c1. The van der Waals surface area contributed by atoms with Crippen LogP contribution in [0, 0.1) is 6.92 Å². The summed E-state index contributed by atoms with van der Waals surface area (Å²) in [6.45, 7) is 2.39. The molecule has 6 heteroatoms. The number of benzene rings is 1. The monoisotopic (exact) mass is 272 g/mol. The van der Waals surface area contributed by atoms with E-state index in [2.05, 4.69) is 20.0 Å². The van der Waals surface area contributed by atoms with Crippen molar-refractivity contribution in [2.45, 2.75) is 13.5 Å². The smallest absolute Gasteiger partial charge is 0.337 e. The number of ether oxygens (including phenoxy) is 1. The second kappa shape index (κ2) is 6.01. The summed E-state index contributed by atoms with van der Waals surface area (Å²) in [7, 11) is 1.33. The minimum absolute atomic E-state index is 0.410. The van der Waals surface area contributed by atoms with E-state index in [1.165, 1.54) is 7.11 Å². The molecular formula is C14H16N4O2. The van der Waals surface area contributed by atoms with Gasteiger partial charge in [0, 0.05) is 6.20 Å². The van der Waals surface area contributed by atoms with E-state index in [9.17, 15) is 4.79 Å². The number of aryl methyl sites for hydroxylation is 1. The van der Waals surface area contributed by atoms with Crippen molar-refractivity contribution in [2.24, 2.45) is 0 Å². The topological polar surface area (TPSA) is 90.1 Å². The van der Waals surface area contributed by atoms with Gasteiger partial charge in [0.1, 0.15) is 0 Å². The molecule has 1 aromatic heterocycles. The largest absolute Gasteiger partial charge is 0.465 e. The third-order valence-corrected chi connectivity index (χ3v) is 2.77. The van der Waals surface area contributed by atoms with Gasteiger partial charge in [0.15, 0.2) is 0 Å². The van der Waals surface area contributed by atoms with Crippen molar-refractivity contribution in [1.29, 1.82) is 0 Å². The van der Waals surface area contributed by atoms with E-state index in [-0.39, 0.29) is 0 Å². The van der Waals surface area contributed by atoms with Crippen LogP contribution in [0.2, 0.25) is 0 Å². The molecule has 6 nitrogen and oxygen atoms in total. The van der Waals surface area contributed by atoms with Gasteiger partial charge in [-0.2, -0.15) is 0 Å². The lowest BCUT2D eigenvalue weighted by Gasteiger charge is -2.10. The van der Waals surface area contributed by atoms with E-state index < -0.39 is 5.97 Å². The zero-order valence-electron chi connectivity index (χ0n) is 11.4. The Kier molecular flexibility index (Phi) is 4.14. The molecule has 0 atom stereocenters. The van der Waals surface area contributed by atoms with Crippen LogP contribution in [-0.4, -0.2) is 23.0 Å². The lowest BCUT2D eigenvalue weighted by Crippen LogP contribution is -2.07. The van der Waals surface area contributed by atoms with Crippen LogP contribution in [0.15, 0.2) is 30.6 Å². The first kappa shape index (κ1) is 13.8. The average molecular weight is 272 g/mol. The van der Waals surface area contributed by atoms with E-state index >= 15 is 0 Å². The zero-order valence-corrected chi connectivity index (χ0v) is 11.4. The molecule has 2 aromatic rings. The highest BCUT2D eigenvalue weighted by Crippen LogP contribution is 2.20. The van der Waals surface area contributed by atoms with Crippen molar-refractivity contribution in [2.75, 3.05) is 18.2 Å². The summed E-state index contributed by atoms with van der Waals surface area (Å²) < 4.78 is 4.64. The normalized spacial score (nSPS) is 10.1. The molecule has 104 valence electrons. The zero-order chi connectivity index (χ0) is 14.5. The number of esters is 1. The fourth-order valence-electron chi connectivity index (χ4n) is 1.66. The number of aromatic nitrogens is 2. The van der Waals surface area contributed by atoms with Gasteiger partial charge in [-0.05, 0) is 25.1 Å². The molecule has 2 rings (SSSR count). The fourth-order valence-corrected chi connectivity index (χ4v) is 1.66. The van der Waals surface area contributed by atoms with Gasteiger partial charge >= 0.3 is 5.97 Å². The van der Waals surface area contributed by atoms with Crippen molar-refractivity contribution < 1.29 is 9.53 Å². The van der Waals surface area contributed by atoms with Crippen LogP contribution in [0.5, 0.6) is 0 Å². The third kappa shape index (κ3) is 3.23. The summed E-state index contributed by atoms with van der Waals surface area (Å²) in [5.41, 5.74) is 9.22. The predicted molar refractivity (Wildman–Crippen MR) is 76.3 cm³/mol. The number of carbonyl (C=O) groups is 1. The molecule has 1 aromatic carbocycles. The number of nitrogen functional groups attached to an aromatic ring is 1. The van der Waals surface area contributed by atoms with Gasteiger partial charge in [-0.1, -0.05) is 0 Å². The Balaban J connectivity index is 2.06. The van der Waals surface area contributed by atoms with Crippen LogP contribution in [-0.2, 0) is 11.3 Å². The van der Waals surface area contributed by atoms with Gasteiger partial charge in [-0.3, -0.25) is 9.97 Å². The number of anilines is 2. The van der Waals surface area contributed by atoms with Gasteiger partial charge in [-0.15, -0.1) is 0 Å². The third-order valence-electron chi connectivity index (χ3n) is 2.77. The minimum atomic E-state index is -0.410. The first-order valence-electron chi connectivity index (χ1n) is 6.09. The van der Waals surface area contributed by atoms with E-state index in [0.717, 1.165) is 17.1 Å². The molecular weight excluding hydrogens is 256 g/mol. The Labute approximate surface area is 117 Å². The Hall–Kier alpha value is -2.63. The summed E-state index contributed by atoms with van der Waals surface area (Å²) in [5, 5.41) is 3.15. The van der Waals surface area contributed by atoms with E-state index in [4.69, 9.17) is 5.73 Å². The molecule has 0 bridgehead atoms. The van der Waals surface area contributed by atoms with Crippen LogP contribution < -0.4 is 11.1 Å². The van der Waals surface area contributed by atoms with Crippen LogP contribution in [0.1, 0.15) is 21.7 Å². The second-order valence-electron chi connectivity index (χ2n) is 4.30. The maximum Gasteiger partial charge on any atom is 0.337 e. The summed E-state index contributed by atoms with van der Waals surface area (Å²) >= 11 is 0. The van der Waals surface area contributed by atoms with Gasteiger partial charge in [0.2, 0.25) is 0 Å². The maximum atomic E-state index is 11.4. The number of rotatable bonds is 4. The van der Waals surface area contributed by atoms with E-state index in [1.54, 1.807) is 30.6 Å². The highest BCUT2D eigenvalue weighted by Gasteiger charge is 2.08. The highest BCUT2D eigenvalue weighted by molar-refractivity contribution is 5.91. The van der Waals surface area contributed by atoms with Crippen molar-refractivity contribution >= 4 is 17.3 Å². The van der Waals surface area contributed by atoms with E-state index in [1.807, 2.05) is 6.92 Å². The lowest BCUT2D eigenvalue weighted by atomic mass is 10.1. The Morgan fingerprint density at radius 1 is 1.35 bits per heavy atom. The van der Waals surface area contributed by atoms with Crippen molar-refractivity contribution in [3.8, 4) is 0 Å². The standard InChI is InChI=1S/C14H16N4O2/c1-9-6-17-11(7-16-9)8-18-13-4-3-10(5-12(13)15)14(19)20-2/h3-7,18H,8,15H2,1-2H3. The minimum Gasteiger partial charge on any atom is -0.465 e. The van der Waals surface area contributed by atoms with Crippen LogP contribution in [0.25, 0.3) is 0 Å². The number of nitrogens with two attached hydrogens (primary N) is 1. The molecule has 20 heavy (non-hydrogen) atoms. The quantitative estimate of drug-likeness (QED) is 0.651. The molecule has 0 unspecified atom stereocenters. The maximum absolute atomic E-state index is 11.4. The molecule has 0 fully saturated rings. The summed E-state index contributed by atoms with van der Waals surface area (Å²) in [6.07, 6.45) is 3.42. The summed E-state index contributed by atoms with van der Waals surface area (Å²) in [5.74, 6) is -0.410. The number of carbonyl (C=O) groups excluding carboxylic acids is 1. The van der Waals surface area contributed by atoms with Crippen molar-refractivity contribution in [1.82, 2.24) is 9.97 Å². The van der Waals surface area contributed by atoms with Crippen LogP contribution in [0.3, 0.4) is 0 Å². The Bertz CT molecular complexity index is 611. The number of hydrogen-bond donors (Lipinski definition) is 2. The van der Waals surface area contributed by atoms with E-state index in [0.29, 0.717) is 17.8 Å².